The molecule has 0 amide bonds. The fourth-order valence-electron chi connectivity index (χ4n) is 10.9. The standard InChI is InChI=1S/C72H140O17P2/c1-7-10-12-14-16-18-20-22-23-24-25-27-29-39-45-51-57-72(77)89-68(61-83-70(75)55-49-43-37-33-31-35-41-47-53-65(6)9-3)63-87-91(80,81)85-59-66(73)58-84-90(78,79)86-62-67(60-82-69(74)54-48-42-36-32-30-34-40-46-52-64(4)5)88-71(76)56-50-44-38-28-26-21-19-17-15-13-11-8-2/h64-68,73H,7-63H2,1-6H3,(H,78,79)(H,80,81)/t65?,66-,67+,68+/m0/s1. The molecule has 0 aliphatic rings. The monoisotopic (exact) mass is 1340 g/mol. The lowest BCUT2D eigenvalue weighted by molar-refractivity contribution is -0.161. The van der Waals surface area contributed by atoms with Crippen LogP contribution in [0.15, 0.2) is 0 Å². The summed E-state index contributed by atoms with van der Waals surface area (Å²) in [6.07, 6.45) is 49.8. The lowest BCUT2D eigenvalue weighted by Crippen LogP contribution is -2.30. The van der Waals surface area contributed by atoms with E-state index in [9.17, 15) is 43.2 Å². The topological polar surface area (TPSA) is 237 Å². The molecule has 0 spiro atoms. The zero-order valence-corrected chi connectivity index (χ0v) is 60.9. The van der Waals surface area contributed by atoms with Gasteiger partial charge < -0.3 is 33.8 Å². The Balaban J connectivity index is 5.25. The fraction of sp³-hybridized carbons (Fsp3) is 0.944. The Hall–Kier alpha value is -1.94. The summed E-state index contributed by atoms with van der Waals surface area (Å²) in [4.78, 5) is 72.6. The fourth-order valence-corrected chi connectivity index (χ4v) is 12.5. The second-order valence-corrected chi connectivity index (χ2v) is 29.6. The van der Waals surface area contributed by atoms with Gasteiger partial charge in [0.05, 0.1) is 26.4 Å². The predicted molar refractivity (Wildman–Crippen MR) is 368 cm³/mol. The minimum Gasteiger partial charge on any atom is -0.462 e. The van der Waals surface area contributed by atoms with E-state index in [1.807, 2.05) is 0 Å². The van der Waals surface area contributed by atoms with Crippen molar-refractivity contribution in [3.8, 4) is 0 Å². The number of ether oxygens (including phenoxy) is 4. The Labute approximate surface area is 556 Å². The van der Waals surface area contributed by atoms with Crippen molar-refractivity contribution in [1.82, 2.24) is 0 Å². The number of hydrogen-bond acceptors (Lipinski definition) is 15. The molecule has 0 bridgehead atoms. The van der Waals surface area contributed by atoms with Crippen molar-refractivity contribution >= 4 is 39.5 Å². The molecule has 3 N–H and O–H groups in total. The number of rotatable bonds is 71. The summed E-state index contributed by atoms with van der Waals surface area (Å²) in [6.45, 7) is 9.54. The van der Waals surface area contributed by atoms with E-state index in [2.05, 4.69) is 41.5 Å². The van der Waals surface area contributed by atoms with Gasteiger partial charge in [-0.15, -0.1) is 0 Å². The van der Waals surface area contributed by atoms with E-state index >= 15 is 0 Å². The van der Waals surface area contributed by atoms with Crippen molar-refractivity contribution in [2.24, 2.45) is 11.8 Å². The maximum absolute atomic E-state index is 13.0. The van der Waals surface area contributed by atoms with Crippen molar-refractivity contribution in [2.45, 2.75) is 387 Å². The van der Waals surface area contributed by atoms with Crippen LogP contribution in [0.5, 0.6) is 0 Å². The molecule has 0 aromatic rings. The Morgan fingerprint density at radius 2 is 0.560 bits per heavy atom. The maximum atomic E-state index is 13.0. The molecule has 0 aliphatic heterocycles. The van der Waals surface area contributed by atoms with E-state index in [0.717, 1.165) is 102 Å². The molecule has 0 rings (SSSR count). The largest absolute Gasteiger partial charge is 0.472 e. The van der Waals surface area contributed by atoms with Gasteiger partial charge in [-0.1, -0.05) is 318 Å². The molecule has 19 heteroatoms. The van der Waals surface area contributed by atoms with E-state index in [1.165, 1.54) is 186 Å². The highest BCUT2D eigenvalue weighted by Gasteiger charge is 2.30. The Kier molecular flexibility index (Phi) is 62.7. The van der Waals surface area contributed by atoms with Gasteiger partial charge in [0.2, 0.25) is 0 Å². The average Bonchev–Trinajstić information content (AvgIpc) is 3.56. The van der Waals surface area contributed by atoms with Crippen LogP contribution in [0.25, 0.3) is 0 Å². The predicted octanol–water partition coefficient (Wildman–Crippen LogP) is 20.8. The molecule has 0 saturated heterocycles. The molecule has 6 atom stereocenters. The summed E-state index contributed by atoms with van der Waals surface area (Å²) < 4.78 is 68.4. The molecule has 0 fully saturated rings. The first-order valence-electron chi connectivity index (χ1n) is 37.5. The van der Waals surface area contributed by atoms with Crippen LogP contribution in [0, 0.1) is 11.8 Å². The average molecular weight is 1340 g/mol. The molecule has 0 radical (unpaired) electrons. The van der Waals surface area contributed by atoms with Crippen LogP contribution in [0.1, 0.15) is 369 Å². The molecule has 0 aliphatic carbocycles. The molecule has 91 heavy (non-hydrogen) atoms. The minimum atomic E-state index is -4.95. The van der Waals surface area contributed by atoms with Gasteiger partial charge in [0, 0.05) is 25.7 Å². The molecule has 3 unspecified atom stereocenters. The minimum absolute atomic E-state index is 0.107. The number of aliphatic hydroxyl groups excluding tert-OH is 1. The number of hydrogen-bond donors (Lipinski definition) is 3. The third-order valence-corrected chi connectivity index (χ3v) is 19.0. The van der Waals surface area contributed by atoms with E-state index < -0.39 is 97.5 Å². The Morgan fingerprint density at radius 1 is 0.319 bits per heavy atom. The summed E-state index contributed by atoms with van der Waals surface area (Å²) in [5.74, 6) is -0.616. The third kappa shape index (κ3) is 65.1. The van der Waals surface area contributed by atoms with Gasteiger partial charge in [0.15, 0.2) is 12.2 Å². The smallest absolute Gasteiger partial charge is 0.462 e. The molecular weight excluding hydrogens is 1200 g/mol. The van der Waals surface area contributed by atoms with Gasteiger partial charge in [0.1, 0.15) is 19.3 Å². The van der Waals surface area contributed by atoms with Crippen LogP contribution in [0.3, 0.4) is 0 Å². The number of esters is 4. The summed E-state index contributed by atoms with van der Waals surface area (Å²) in [7, 11) is -9.90. The van der Waals surface area contributed by atoms with Gasteiger partial charge in [-0.3, -0.25) is 37.3 Å². The Bertz CT molecular complexity index is 1770. The molecule has 540 valence electrons. The van der Waals surface area contributed by atoms with Gasteiger partial charge in [-0.25, -0.2) is 9.13 Å². The first-order chi connectivity index (χ1) is 43.9. The van der Waals surface area contributed by atoms with Crippen LogP contribution in [-0.4, -0.2) is 96.7 Å². The zero-order chi connectivity index (χ0) is 67.2. The van der Waals surface area contributed by atoms with Crippen LogP contribution in [0.2, 0.25) is 0 Å². The maximum Gasteiger partial charge on any atom is 0.472 e. The van der Waals surface area contributed by atoms with Crippen LogP contribution < -0.4 is 0 Å². The quantitative estimate of drug-likeness (QED) is 0.0222. The van der Waals surface area contributed by atoms with Crippen molar-refractivity contribution in [2.75, 3.05) is 39.6 Å². The highest BCUT2D eigenvalue weighted by atomic mass is 31.2. The number of unbranched alkanes of at least 4 members (excludes halogenated alkanes) is 40. The van der Waals surface area contributed by atoms with Gasteiger partial charge in [0.25, 0.3) is 0 Å². The van der Waals surface area contributed by atoms with Crippen LogP contribution in [0.4, 0.5) is 0 Å². The van der Waals surface area contributed by atoms with E-state index in [1.54, 1.807) is 0 Å². The summed E-state index contributed by atoms with van der Waals surface area (Å²) in [5.41, 5.74) is 0. The first kappa shape index (κ1) is 89.1. The lowest BCUT2D eigenvalue weighted by Gasteiger charge is -2.21. The summed E-state index contributed by atoms with van der Waals surface area (Å²) >= 11 is 0. The van der Waals surface area contributed by atoms with Crippen molar-refractivity contribution in [1.29, 1.82) is 0 Å². The molecule has 0 heterocycles. The molecule has 0 saturated carbocycles. The van der Waals surface area contributed by atoms with Crippen molar-refractivity contribution in [3.05, 3.63) is 0 Å². The summed E-state index contributed by atoms with van der Waals surface area (Å²) in [5, 5.41) is 10.6. The Morgan fingerprint density at radius 3 is 0.835 bits per heavy atom. The number of carbonyl (C=O) groups excluding carboxylic acids is 4. The molecule has 0 aromatic heterocycles. The number of phosphoric acid groups is 2. The molecule has 0 aromatic carbocycles. The van der Waals surface area contributed by atoms with Crippen molar-refractivity contribution in [3.63, 3.8) is 0 Å². The molecule has 17 nitrogen and oxygen atoms in total. The van der Waals surface area contributed by atoms with Crippen LogP contribution in [-0.2, 0) is 65.4 Å². The normalized spacial score (nSPS) is 14.4. The lowest BCUT2D eigenvalue weighted by atomic mass is 9.99. The highest BCUT2D eigenvalue weighted by molar-refractivity contribution is 7.47. The highest BCUT2D eigenvalue weighted by Crippen LogP contribution is 2.45. The van der Waals surface area contributed by atoms with Gasteiger partial charge >= 0.3 is 39.5 Å². The number of carbonyl (C=O) groups is 4. The number of aliphatic hydroxyl groups is 1. The zero-order valence-electron chi connectivity index (χ0n) is 59.1. The first-order valence-corrected chi connectivity index (χ1v) is 40.5. The van der Waals surface area contributed by atoms with Gasteiger partial charge in [-0.2, -0.15) is 0 Å². The van der Waals surface area contributed by atoms with Gasteiger partial charge in [-0.05, 0) is 37.5 Å². The van der Waals surface area contributed by atoms with E-state index in [-0.39, 0.29) is 25.7 Å². The number of phosphoric ester groups is 2. The second-order valence-electron chi connectivity index (χ2n) is 26.7. The summed E-state index contributed by atoms with van der Waals surface area (Å²) in [6, 6.07) is 0. The van der Waals surface area contributed by atoms with E-state index in [4.69, 9.17) is 37.0 Å². The van der Waals surface area contributed by atoms with E-state index in [0.29, 0.717) is 25.7 Å². The molecular formula is C72H140O17P2. The SMILES string of the molecule is CCCCCCCCCCCCCCCCCCC(=O)O[C@H](COC(=O)CCCCCCCCCCC(C)CC)COP(=O)(O)OC[C@@H](O)COP(=O)(O)OC[C@@H](COC(=O)CCCCCCCCCCC(C)C)OC(=O)CCCCCCCCCCCCCC. The second kappa shape index (κ2) is 64.1. The van der Waals surface area contributed by atoms with Crippen molar-refractivity contribution < 1.29 is 80.2 Å². The third-order valence-electron chi connectivity index (χ3n) is 17.1. The van der Waals surface area contributed by atoms with Crippen LogP contribution >= 0.6 is 15.6 Å².